The normalized spacial score (nSPS) is 12.0. The molecule has 0 saturated heterocycles. The molecule has 0 aliphatic heterocycles. The minimum atomic E-state index is 0.916. The predicted octanol–water partition coefficient (Wildman–Crippen LogP) is 7.23. The van der Waals surface area contributed by atoms with E-state index in [9.17, 15) is 0 Å². The predicted molar refractivity (Wildman–Crippen MR) is 123 cm³/mol. The number of hydrogen-bond acceptors (Lipinski definition) is 2. The van der Waals surface area contributed by atoms with E-state index in [1.54, 1.807) is 0 Å². The number of rotatable bonds is 1. The molecular formula is C27H16N2O. The highest BCUT2D eigenvalue weighted by atomic mass is 16.3. The zero-order chi connectivity index (χ0) is 19.7. The van der Waals surface area contributed by atoms with Crippen molar-refractivity contribution in [2.75, 3.05) is 0 Å². The van der Waals surface area contributed by atoms with Crippen molar-refractivity contribution in [3.63, 3.8) is 0 Å². The largest absolute Gasteiger partial charge is 0.454 e. The van der Waals surface area contributed by atoms with Crippen molar-refractivity contribution in [2.24, 2.45) is 0 Å². The van der Waals surface area contributed by atoms with Gasteiger partial charge in [-0.2, -0.15) is 0 Å². The van der Waals surface area contributed by atoms with E-state index in [1.807, 2.05) is 24.5 Å². The van der Waals surface area contributed by atoms with Gasteiger partial charge in [0.15, 0.2) is 5.58 Å². The number of pyridine rings is 1. The average Bonchev–Trinajstić information content (AvgIpc) is 3.34. The highest BCUT2D eigenvalue weighted by Gasteiger charge is 2.19. The Morgan fingerprint density at radius 1 is 0.633 bits per heavy atom. The van der Waals surface area contributed by atoms with E-state index in [-0.39, 0.29) is 0 Å². The van der Waals surface area contributed by atoms with Gasteiger partial charge in [-0.25, -0.2) is 0 Å². The molecule has 0 bridgehead atoms. The van der Waals surface area contributed by atoms with E-state index in [4.69, 9.17) is 4.42 Å². The lowest BCUT2D eigenvalue weighted by atomic mass is 10.1. The molecule has 3 heterocycles. The molecule has 3 nitrogen and oxygen atoms in total. The second kappa shape index (κ2) is 5.71. The summed E-state index contributed by atoms with van der Waals surface area (Å²) in [6.45, 7) is 0. The highest BCUT2D eigenvalue weighted by molar-refractivity contribution is 6.21. The van der Waals surface area contributed by atoms with E-state index in [0.29, 0.717) is 0 Å². The molecular weight excluding hydrogens is 368 g/mol. The second-order valence-electron chi connectivity index (χ2n) is 7.66. The van der Waals surface area contributed by atoms with Crippen molar-refractivity contribution in [1.82, 2.24) is 9.55 Å². The number of aromatic nitrogens is 2. The van der Waals surface area contributed by atoms with Crippen LogP contribution in [0.5, 0.6) is 0 Å². The van der Waals surface area contributed by atoms with Gasteiger partial charge in [0.2, 0.25) is 0 Å². The number of hydrogen-bond donors (Lipinski definition) is 0. The Morgan fingerprint density at radius 3 is 2.43 bits per heavy atom. The van der Waals surface area contributed by atoms with Gasteiger partial charge in [0, 0.05) is 44.7 Å². The SMILES string of the molecule is c1cc(-n2c3ccccc3c3ccc4c5ccccc5oc4c32)c2ccncc2c1. The lowest BCUT2D eigenvalue weighted by molar-refractivity contribution is 0.671. The Labute approximate surface area is 171 Å². The van der Waals surface area contributed by atoms with E-state index in [1.165, 1.54) is 21.7 Å². The Morgan fingerprint density at radius 2 is 1.47 bits per heavy atom. The summed E-state index contributed by atoms with van der Waals surface area (Å²) in [5.41, 5.74) is 5.25. The third-order valence-electron chi connectivity index (χ3n) is 6.08. The van der Waals surface area contributed by atoms with Gasteiger partial charge in [-0.05, 0) is 30.3 Å². The van der Waals surface area contributed by atoms with E-state index in [2.05, 4.69) is 82.3 Å². The van der Waals surface area contributed by atoms with Crippen molar-refractivity contribution in [3.05, 3.63) is 97.3 Å². The van der Waals surface area contributed by atoms with Crippen LogP contribution in [0, 0.1) is 0 Å². The zero-order valence-corrected chi connectivity index (χ0v) is 16.0. The van der Waals surface area contributed by atoms with E-state index >= 15 is 0 Å². The van der Waals surface area contributed by atoms with Gasteiger partial charge in [-0.15, -0.1) is 0 Å². The van der Waals surface area contributed by atoms with Crippen molar-refractivity contribution in [1.29, 1.82) is 0 Å². The Kier molecular flexibility index (Phi) is 3.00. The minimum Gasteiger partial charge on any atom is -0.454 e. The monoisotopic (exact) mass is 384 g/mol. The van der Waals surface area contributed by atoms with E-state index < -0.39 is 0 Å². The van der Waals surface area contributed by atoms with Gasteiger partial charge in [-0.1, -0.05) is 54.6 Å². The van der Waals surface area contributed by atoms with Gasteiger partial charge in [0.1, 0.15) is 5.58 Å². The van der Waals surface area contributed by atoms with Crippen LogP contribution in [0.2, 0.25) is 0 Å². The molecule has 0 N–H and O–H groups in total. The maximum atomic E-state index is 6.44. The summed E-state index contributed by atoms with van der Waals surface area (Å²) in [5, 5.41) is 7.00. The summed E-state index contributed by atoms with van der Waals surface area (Å²) in [4.78, 5) is 4.31. The summed E-state index contributed by atoms with van der Waals surface area (Å²) in [7, 11) is 0. The van der Waals surface area contributed by atoms with Crippen LogP contribution in [0.1, 0.15) is 0 Å². The number of benzene rings is 4. The van der Waals surface area contributed by atoms with Gasteiger partial charge in [-0.3, -0.25) is 4.98 Å². The first-order valence-electron chi connectivity index (χ1n) is 10.1. The number of nitrogens with zero attached hydrogens (tertiary/aromatic N) is 2. The molecule has 0 fully saturated rings. The molecule has 0 aliphatic carbocycles. The molecule has 0 spiro atoms. The topological polar surface area (TPSA) is 31.0 Å². The third-order valence-corrected chi connectivity index (χ3v) is 6.08. The molecule has 3 heteroatoms. The molecule has 0 unspecified atom stereocenters. The average molecular weight is 384 g/mol. The Hall–Kier alpha value is -4.11. The first-order chi connectivity index (χ1) is 14.9. The maximum Gasteiger partial charge on any atom is 0.160 e. The van der Waals surface area contributed by atoms with Crippen molar-refractivity contribution in [2.45, 2.75) is 0 Å². The minimum absolute atomic E-state index is 0.916. The van der Waals surface area contributed by atoms with Gasteiger partial charge < -0.3 is 8.98 Å². The Balaban J connectivity index is 1.77. The summed E-state index contributed by atoms with van der Waals surface area (Å²) < 4.78 is 8.78. The first kappa shape index (κ1) is 15.8. The number of furan rings is 1. The van der Waals surface area contributed by atoms with Crippen LogP contribution < -0.4 is 0 Å². The van der Waals surface area contributed by atoms with Crippen LogP contribution in [0.25, 0.3) is 60.2 Å². The molecule has 140 valence electrons. The fourth-order valence-electron chi connectivity index (χ4n) is 4.78. The van der Waals surface area contributed by atoms with Gasteiger partial charge in [0.25, 0.3) is 0 Å². The lowest BCUT2D eigenvalue weighted by Crippen LogP contribution is -1.95. The lowest BCUT2D eigenvalue weighted by Gasteiger charge is -2.11. The molecule has 3 aromatic heterocycles. The molecule has 7 rings (SSSR count). The summed E-state index contributed by atoms with van der Waals surface area (Å²) in [6, 6.07) is 29.7. The van der Waals surface area contributed by atoms with Crippen LogP contribution in [0.3, 0.4) is 0 Å². The highest BCUT2D eigenvalue weighted by Crippen LogP contribution is 2.40. The first-order valence-corrected chi connectivity index (χ1v) is 10.1. The maximum absolute atomic E-state index is 6.44. The molecule has 0 radical (unpaired) electrons. The molecule has 0 aliphatic rings. The molecule has 0 atom stereocenters. The van der Waals surface area contributed by atoms with Crippen LogP contribution in [0.4, 0.5) is 0 Å². The van der Waals surface area contributed by atoms with Crippen LogP contribution >= 0.6 is 0 Å². The smallest absolute Gasteiger partial charge is 0.160 e. The van der Waals surface area contributed by atoms with Crippen LogP contribution in [0.15, 0.2) is 102 Å². The van der Waals surface area contributed by atoms with Gasteiger partial charge in [0.05, 0.1) is 16.7 Å². The van der Waals surface area contributed by atoms with Crippen molar-refractivity contribution < 1.29 is 4.42 Å². The fraction of sp³-hybridized carbons (Fsp3) is 0. The van der Waals surface area contributed by atoms with Gasteiger partial charge >= 0.3 is 0 Å². The van der Waals surface area contributed by atoms with Crippen molar-refractivity contribution in [3.8, 4) is 5.69 Å². The third kappa shape index (κ3) is 1.96. The van der Waals surface area contributed by atoms with Crippen LogP contribution in [-0.4, -0.2) is 9.55 Å². The number of para-hydroxylation sites is 2. The standard InChI is InChI=1S/C27H16N2O/c1-3-9-24-19(7-1)21-12-13-22-20-8-2-4-11-25(20)30-27(22)26(21)29(24)23-10-5-6-17-16-28-15-14-18(17)23/h1-16H. The summed E-state index contributed by atoms with van der Waals surface area (Å²) in [6.07, 6.45) is 3.78. The van der Waals surface area contributed by atoms with Crippen molar-refractivity contribution >= 4 is 54.5 Å². The van der Waals surface area contributed by atoms with Crippen LogP contribution in [-0.2, 0) is 0 Å². The second-order valence-corrected chi connectivity index (χ2v) is 7.66. The zero-order valence-electron chi connectivity index (χ0n) is 16.0. The molecule has 4 aromatic carbocycles. The van der Waals surface area contributed by atoms with E-state index in [0.717, 1.165) is 38.5 Å². The molecule has 0 saturated carbocycles. The Bertz CT molecular complexity index is 1750. The summed E-state index contributed by atoms with van der Waals surface area (Å²) >= 11 is 0. The quantitative estimate of drug-likeness (QED) is 0.299. The summed E-state index contributed by atoms with van der Waals surface area (Å²) in [5.74, 6) is 0. The molecule has 30 heavy (non-hydrogen) atoms. The molecule has 7 aromatic rings. The fourth-order valence-corrected chi connectivity index (χ4v) is 4.78. The molecule has 0 amide bonds. The number of fused-ring (bicyclic) bond motifs is 8.